The molecule has 1 aliphatic rings. The maximum atomic E-state index is 9.63. The molecule has 5 atom stereocenters. The fourth-order valence-electron chi connectivity index (χ4n) is 1.60. The van der Waals surface area contributed by atoms with Crippen molar-refractivity contribution < 1.29 is 29.9 Å². The molecule has 1 aliphatic heterocycles. The molecule has 0 amide bonds. The molecular formula is C10H19BrO6. The van der Waals surface area contributed by atoms with E-state index < -0.39 is 37.3 Å². The van der Waals surface area contributed by atoms with Gasteiger partial charge >= 0.3 is 0 Å². The van der Waals surface area contributed by atoms with E-state index in [1.807, 2.05) is 0 Å². The van der Waals surface area contributed by atoms with Gasteiger partial charge in [0.15, 0.2) is 6.29 Å². The van der Waals surface area contributed by atoms with Crippen LogP contribution in [0.15, 0.2) is 0 Å². The Morgan fingerprint density at radius 1 is 1.06 bits per heavy atom. The Hall–Kier alpha value is 0.240. The molecule has 6 nitrogen and oxygen atoms in total. The predicted molar refractivity (Wildman–Crippen MR) is 62.7 cm³/mol. The zero-order chi connectivity index (χ0) is 12.8. The van der Waals surface area contributed by atoms with Crippen molar-refractivity contribution >= 4 is 15.9 Å². The maximum absolute atomic E-state index is 9.63. The highest BCUT2D eigenvalue weighted by molar-refractivity contribution is 9.09. The van der Waals surface area contributed by atoms with Gasteiger partial charge in [-0.05, 0) is 12.8 Å². The summed E-state index contributed by atoms with van der Waals surface area (Å²) in [5.74, 6) is 0. The summed E-state index contributed by atoms with van der Waals surface area (Å²) in [6, 6.07) is 0. The van der Waals surface area contributed by atoms with Crippen molar-refractivity contribution in [2.45, 2.75) is 43.5 Å². The Kier molecular flexibility index (Phi) is 6.86. The second-order valence-corrected chi connectivity index (χ2v) is 4.76. The van der Waals surface area contributed by atoms with Crippen LogP contribution in [0.4, 0.5) is 0 Å². The first-order valence-electron chi connectivity index (χ1n) is 5.60. The van der Waals surface area contributed by atoms with Gasteiger partial charge in [0, 0.05) is 11.9 Å². The van der Waals surface area contributed by atoms with Crippen LogP contribution in [0.1, 0.15) is 12.8 Å². The first-order valence-corrected chi connectivity index (χ1v) is 6.72. The molecule has 0 radical (unpaired) electrons. The lowest BCUT2D eigenvalue weighted by molar-refractivity contribution is -0.301. The number of unbranched alkanes of at least 4 members (excludes halogenated alkanes) is 1. The molecule has 0 saturated carbocycles. The molecule has 0 aromatic heterocycles. The predicted octanol–water partition coefficient (Wildman–Crippen LogP) is -1.02. The lowest BCUT2D eigenvalue weighted by atomic mass is 9.99. The summed E-state index contributed by atoms with van der Waals surface area (Å²) in [7, 11) is 0. The monoisotopic (exact) mass is 314 g/mol. The third-order valence-electron chi connectivity index (χ3n) is 2.66. The van der Waals surface area contributed by atoms with E-state index in [0.717, 1.165) is 18.2 Å². The molecule has 0 spiro atoms. The Morgan fingerprint density at radius 2 is 1.76 bits per heavy atom. The van der Waals surface area contributed by atoms with E-state index in [1.165, 1.54) is 0 Å². The largest absolute Gasteiger partial charge is 0.394 e. The van der Waals surface area contributed by atoms with Crippen molar-refractivity contribution in [3.8, 4) is 0 Å². The fourth-order valence-corrected chi connectivity index (χ4v) is 2.00. The summed E-state index contributed by atoms with van der Waals surface area (Å²) in [5, 5.41) is 38.5. The third kappa shape index (κ3) is 4.13. The fraction of sp³-hybridized carbons (Fsp3) is 1.00. The number of halogens is 1. The summed E-state index contributed by atoms with van der Waals surface area (Å²) < 4.78 is 10.4. The molecule has 7 heteroatoms. The molecular weight excluding hydrogens is 296 g/mol. The van der Waals surface area contributed by atoms with Crippen molar-refractivity contribution in [2.75, 3.05) is 18.5 Å². The maximum Gasteiger partial charge on any atom is 0.186 e. The molecule has 1 fully saturated rings. The van der Waals surface area contributed by atoms with Crippen molar-refractivity contribution in [1.82, 2.24) is 0 Å². The summed E-state index contributed by atoms with van der Waals surface area (Å²) in [6.45, 7) is -0.0551. The molecule has 0 aliphatic carbocycles. The summed E-state index contributed by atoms with van der Waals surface area (Å²) in [6.07, 6.45) is -4.22. The van der Waals surface area contributed by atoms with Gasteiger partial charge in [0.05, 0.1) is 6.61 Å². The van der Waals surface area contributed by atoms with Crippen molar-refractivity contribution in [1.29, 1.82) is 0 Å². The topological polar surface area (TPSA) is 99.4 Å². The molecule has 4 N–H and O–H groups in total. The van der Waals surface area contributed by atoms with Gasteiger partial charge < -0.3 is 29.9 Å². The molecule has 17 heavy (non-hydrogen) atoms. The Balaban J connectivity index is 2.42. The van der Waals surface area contributed by atoms with Gasteiger partial charge in [-0.15, -0.1) is 0 Å². The van der Waals surface area contributed by atoms with E-state index in [1.54, 1.807) is 0 Å². The minimum Gasteiger partial charge on any atom is -0.394 e. The van der Waals surface area contributed by atoms with E-state index in [0.29, 0.717) is 6.61 Å². The van der Waals surface area contributed by atoms with Gasteiger partial charge in [-0.2, -0.15) is 0 Å². The number of alkyl halides is 1. The molecule has 0 aromatic carbocycles. The van der Waals surface area contributed by atoms with Crippen LogP contribution in [-0.2, 0) is 9.47 Å². The number of hydrogen-bond donors (Lipinski definition) is 4. The molecule has 0 aromatic rings. The number of rotatable bonds is 6. The zero-order valence-corrected chi connectivity index (χ0v) is 11.0. The first kappa shape index (κ1) is 15.3. The van der Waals surface area contributed by atoms with E-state index in [-0.39, 0.29) is 0 Å². The average molecular weight is 315 g/mol. The van der Waals surface area contributed by atoms with Crippen LogP contribution < -0.4 is 0 Å². The van der Waals surface area contributed by atoms with Gasteiger partial charge in [0.25, 0.3) is 0 Å². The minimum atomic E-state index is -1.37. The zero-order valence-electron chi connectivity index (χ0n) is 9.41. The number of hydrogen-bond acceptors (Lipinski definition) is 6. The van der Waals surface area contributed by atoms with E-state index in [2.05, 4.69) is 15.9 Å². The van der Waals surface area contributed by atoms with Gasteiger partial charge in [-0.3, -0.25) is 0 Å². The Labute approximate surface area is 108 Å². The summed E-state index contributed by atoms with van der Waals surface area (Å²) in [4.78, 5) is 0. The molecule has 0 unspecified atom stereocenters. The van der Waals surface area contributed by atoms with Crippen molar-refractivity contribution in [3.63, 3.8) is 0 Å². The van der Waals surface area contributed by atoms with E-state index >= 15 is 0 Å². The summed E-state index contributed by atoms with van der Waals surface area (Å²) in [5.41, 5.74) is 0. The average Bonchev–Trinajstić information content (AvgIpc) is 2.34. The van der Waals surface area contributed by atoms with Crippen LogP contribution in [-0.4, -0.2) is 69.7 Å². The lowest BCUT2D eigenvalue weighted by Crippen LogP contribution is -2.59. The number of aliphatic hydroxyl groups excluding tert-OH is 4. The van der Waals surface area contributed by atoms with Gasteiger partial charge in [-0.1, -0.05) is 15.9 Å². The molecule has 1 rings (SSSR count). The first-order chi connectivity index (χ1) is 8.11. The minimum absolute atomic E-state index is 0.383. The number of ether oxygens (including phenoxy) is 2. The molecule has 0 bridgehead atoms. The van der Waals surface area contributed by atoms with E-state index in [4.69, 9.17) is 14.6 Å². The van der Waals surface area contributed by atoms with Crippen molar-refractivity contribution in [3.05, 3.63) is 0 Å². The van der Waals surface area contributed by atoms with Crippen LogP contribution in [0.3, 0.4) is 0 Å². The van der Waals surface area contributed by atoms with Crippen LogP contribution in [0.5, 0.6) is 0 Å². The third-order valence-corrected chi connectivity index (χ3v) is 3.22. The molecule has 1 saturated heterocycles. The Morgan fingerprint density at radius 3 is 2.35 bits per heavy atom. The van der Waals surface area contributed by atoms with Gasteiger partial charge in [0.2, 0.25) is 0 Å². The van der Waals surface area contributed by atoms with Crippen LogP contribution in [0.25, 0.3) is 0 Å². The smallest absolute Gasteiger partial charge is 0.186 e. The van der Waals surface area contributed by atoms with Gasteiger partial charge in [0.1, 0.15) is 24.4 Å². The standard InChI is InChI=1S/C10H19BrO6/c11-3-1-2-4-16-10-9(15)8(14)7(13)6(5-12)17-10/h6-10,12-15H,1-5H2/t6-,7-,8+,9+,10+/m1/s1. The highest BCUT2D eigenvalue weighted by atomic mass is 79.9. The SMILES string of the molecule is OC[C@H]1O[C@H](OCCCCBr)[C@@H](O)[C@@H](O)[C@@H]1O. The van der Waals surface area contributed by atoms with Gasteiger partial charge in [-0.25, -0.2) is 0 Å². The normalized spacial score (nSPS) is 38.3. The second-order valence-electron chi connectivity index (χ2n) is 3.96. The quantitative estimate of drug-likeness (QED) is 0.370. The Bertz CT molecular complexity index is 215. The molecule has 1 heterocycles. The second kappa shape index (κ2) is 7.63. The molecule has 102 valence electrons. The number of aliphatic hydroxyl groups is 4. The van der Waals surface area contributed by atoms with Crippen LogP contribution in [0.2, 0.25) is 0 Å². The highest BCUT2D eigenvalue weighted by Gasteiger charge is 2.43. The summed E-state index contributed by atoms with van der Waals surface area (Å²) >= 11 is 3.28. The van der Waals surface area contributed by atoms with Crippen LogP contribution >= 0.6 is 15.9 Å². The highest BCUT2D eigenvalue weighted by Crippen LogP contribution is 2.22. The lowest BCUT2D eigenvalue weighted by Gasteiger charge is -2.39. The van der Waals surface area contributed by atoms with E-state index in [9.17, 15) is 15.3 Å². The van der Waals surface area contributed by atoms with Crippen molar-refractivity contribution in [2.24, 2.45) is 0 Å². The van der Waals surface area contributed by atoms with Crippen LogP contribution in [0, 0.1) is 0 Å².